The third-order valence-corrected chi connectivity index (χ3v) is 17.0. The second kappa shape index (κ2) is 78.4. The van der Waals surface area contributed by atoms with E-state index in [1.165, 1.54) is 154 Å². The number of ether oxygens (including phenoxy) is 4. The molecule has 99 heavy (non-hydrogen) atoms. The molecule has 0 saturated heterocycles. The fourth-order valence-corrected chi connectivity index (χ4v) is 10.9. The first-order valence-electron chi connectivity index (χ1n) is 40.3. The van der Waals surface area contributed by atoms with Crippen LogP contribution in [0.1, 0.15) is 322 Å². The first-order valence-corrected chi connectivity index (χ1v) is 40.3. The number of carbonyl (C=O) groups excluding carboxylic acids is 2. The van der Waals surface area contributed by atoms with Gasteiger partial charge in [0, 0.05) is 12.8 Å². The minimum absolute atomic E-state index is 0.181. The quantitative estimate of drug-likeness (QED) is 0.0211. The molecule has 0 aliphatic heterocycles. The Morgan fingerprint density at radius 1 is 0.303 bits per heavy atom. The van der Waals surface area contributed by atoms with Gasteiger partial charge in [0.15, 0.2) is 6.10 Å². The molecule has 0 aromatic heterocycles. The maximum Gasteiger partial charge on any atom is 0.361 e. The van der Waals surface area contributed by atoms with Crippen molar-refractivity contribution in [2.24, 2.45) is 0 Å². The van der Waals surface area contributed by atoms with Gasteiger partial charge in [0.2, 0.25) is 0 Å². The van der Waals surface area contributed by atoms with Gasteiger partial charge in [-0.3, -0.25) is 9.59 Å². The summed E-state index contributed by atoms with van der Waals surface area (Å²) in [6.45, 7) is 4.66. The number of hydrogen-bond acceptors (Lipinski definition) is 7. The lowest BCUT2D eigenvalue weighted by molar-refractivity contribution is -0.870. The number of quaternary nitrogens is 1. The number of carboxylic acid groups (broad SMARTS) is 1. The number of unbranched alkanes of at least 4 members (excludes halogenated alkanes) is 30. The van der Waals surface area contributed by atoms with Gasteiger partial charge >= 0.3 is 17.9 Å². The van der Waals surface area contributed by atoms with Crippen LogP contribution in [-0.4, -0.2) is 87.4 Å². The predicted molar refractivity (Wildman–Crippen MR) is 428 cm³/mol. The molecule has 0 aliphatic rings. The van der Waals surface area contributed by atoms with E-state index in [0.717, 1.165) is 135 Å². The Morgan fingerprint density at radius 3 is 0.808 bits per heavy atom. The molecule has 0 rings (SSSR count). The van der Waals surface area contributed by atoms with E-state index in [4.69, 9.17) is 18.9 Å². The normalized spacial score (nSPS) is 13.6. The number of carboxylic acids is 1. The molecule has 562 valence electrons. The van der Waals surface area contributed by atoms with Crippen molar-refractivity contribution in [1.82, 2.24) is 0 Å². The molecular formula is C90H150NO8+. The summed E-state index contributed by atoms with van der Waals surface area (Å²) in [5.41, 5.74) is 0. The Labute approximate surface area is 609 Å². The summed E-state index contributed by atoms with van der Waals surface area (Å²) < 4.78 is 23.0. The zero-order valence-corrected chi connectivity index (χ0v) is 64.3. The molecular weight excluding hydrogens is 1220 g/mol. The van der Waals surface area contributed by atoms with Gasteiger partial charge in [-0.1, -0.05) is 351 Å². The topological polar surface area (TPSA) is 108 Å². The maximum absolute atomic E-state index is 13.0. The zero-order valence-electron chi connectivity index (χ0n) is 64.3. The van der Waals surface area contributed by atoms with Crippen molar-refractivity contribution in [2.75, 3.05) is 47.5 Å². The second-order valence-corrected chi connectivity index (χ2v) is 27.6. The Balaban J connectivity index is 4.07. The summed E-state index contributed by atoms with van der Waals surface area (Å²) in [5.74, 6) is -2.01. The van der Waals surface area contributed by atoms with Crippen molar-refractivity contribution >= 4 is 17.9 Å². The lowest BCUT2D eigenvalue weighted by Gasteiger charge is -2.25. The molecule has 0 radical (unpaired) electrons. The van der Waals surface area contributed by atoms with E-state index in [-0.39, 0.29) is 32.2 Å². The van der Waals surface area contributed by atoms with Crippen molar-refractivity contribution in [3.8, 4) is 0 Å². The first-order chi connectivity index (χ1) is 48.6. The van der Waals surface area contributed by atoms with Crippen molar-refractivity contribution in [3.05, 3.63) is 170 Å². The third-order valence-electron chi connectivity index (χ3n) is 17.0. The van der Waals surface area contributed by atoms with Crippen LogP contribution < -0.4 is 0 Å². The summed E-state index contributed by atoms with van der Waals surface area (Å²) in [5, 5.41) is 9.78. The van der Waals surface area contributed by atoms with E-state index in [1.807, 2.05) is 21.1 Å². The minimum atomic E-state index is -1.52. The van der Waals surface area contributed by atoms with Crippen LogP contribution in [0.4, 0.5) is 0 Å². The van der Waals surface area contributed by atoms with Crippen LogP contribution in [0.5, 0.6) is 0 Å². The molecule has 2 atom stereocenters. The molecule has 0 aliphatic carbocycles. The number of nitrogens with zero attached hydrogens (tertiary/aromatic N) is 1. The molecule has 0 amide bonds. The second-order valence-electron chi connectivity index (χ2n) is 27.6. The van der Waals surface area contributed by atoms with Gasteiger partial charge in [0.25, 0.3) is 6.29 Å². The molecule has 9 heteroatoms. The van der Waals surface area contributed by atoms with Gasteiger partial charge in [-0.25, -0.2) is 4.79 Å². The number of carbonyl (C=O) groups is 3. The SMILES string of the molecule is CC/C=C\C/C=C\C/C=C\C/C=C\C/C=C\C/C=C\C/C=C\C/C=C\C/C=C\CCCCCCCCCCCCCC(=O)OC(COC(=O)CCCCCCCCCCCCCCCCCCCCC/C=C\C/C=C\C/C=C\C/C=C\C/C=C\CC)COC(OCC[N+](C)(C)C)C(=O)O. The number of likely N-dealkylation sites (N-methyl/N-ethyl adjacent to an activating group) is 1. The average Bonchev–Trinajstić information content (AvgIpc) is 1.14. The van der Waals surface area contributed by atoms with Gasteiger partial charge in [0.1, 0.15) is 13.2 Å². The standard InChI is InChI=1S/C90H149NO8/c1-6-8-10-12-14-16-18-20-22-24-26-28-30-32-34-36-38-40-42-43-44-45-47-49-51-53-55-57-59-61-63-65-67-69-71-73-75-77-79-81-88(93)99-86(85-98-90(89(94)95)96-83-82-91(3,4)5)84-97-87(92)80-78-76-74-72-70-68-66-64-62-60-58-56-54-52-50-48-46-41-39-37-35-33-31-29-27-25-23-21-19-17-15-13-11-9-7-2/h8-11,14-17,20-23,26-29,32-35,38,40,43-44,47,49,53,55,86,90H,6-7,12-13,18-19,24-25,30-31,36-37,39,41-42,45-46,48,50-52,54,56-85H2,1-5H3/p+1/b10-8-,11-9-,16-14-,17-15-,22-20-,23-21-,28-26-,29-27-,34-32-,35-33-,40-38-,44-43-,49-47-,55-53-. The molecule has 0 aromatic rings. The van der Waals surface area contributed by atoms with E-state index in [9.17, 15) is 19.5 Å². The molecule has 0 saturated carbocycles. The maximum atomic E-state index is 13.0. The summed E-state index contributed by atoms with van der Waals surface area (Å²) >= 11 is 0. The first kappa shape index (κ1) is 93.6. The van der Waals surface area contributed by atoms with Crippen molar-refractivity contribution in [3.63, 3.8) is 0 Å². The summed E-state index contributed by atoms with van der Waals surface area (Å²) in [6, 6.07) is 0. The van der Waals surface area contributed by atoms with Crippen LogP contribution in [0.25, 0.3) is 0 Å². The minimum Gasteiger partial charge on any atom is -0.477 e. The van der Waals surface area contributed by atoms with E-state index in [1.54, 1.807) is 0 Å². The number of allylic oxidation sites excluding steroid dienone is 28. The van der Waals surface area contributed by atoms with Gasteiger partial charge in [-0.15, -0.1) is 0 Å². The van der Waals surface area contributed by atoms with E-state index in [0.29, 0.717) is 23.9 Å². The smallest absolute Gasteiger partial charge is 0.361 e. The number of aliphatic carboxylic acids is 1. The molecule has 2 unspecified atom stereocenters. The third kappa shape index (κ3) is 79.8. The van der Waals surface area contributed by atoms with Crippen LogP contribution >= 0.6 is 0 Å². The fraction of sp³-hybridized carbons (Fsp3) is 0.656. The van der Waals surface area contributed by atoms with E-state index in [2.05, 4.69) is 184 Å². The molecule has 0 bridgehead atoms. The molecule has 0 fully saturated rings. The zero-order chi connectivity index (χ0) is 71.8. The molecule has 9 nitrogen and oxygen atoms in total. The highest BCUT2D eigenvalue weighted by Crippen LogP contribution is 2.18. The van der Waals surface area contributed by atoms with Crippen molar-refractivity contribution in [2.45, 2.75) is 334 Å². The van der Waals surface area contributed by atoms with Crippen LogP contribution in [0.3, 0.4) is 0 Å². The number of esters is 2. The number of hydrogen-bond donors (Lipinski definition) is 1. The van der Waals surface area contributed by atoms with Crippen molar-refractivity contribution in [1.29, 1.82) is 0 Å². The Morgan fingerprint density at radius 2 is 0.545 bits per heavy atom. The van der Waals surface area contributed by atoms with Crippen LogP contribution in [0.2, 0.25) is 0 Å². The fourth-order valence-electron chi connectivity index (χ4n) is 10.9. The lowest BCUT2D eigenvalue weighted by Crippen LogP contribution is -2.40. The average molecular weight is 1370 g/mol. The highest BCUT2D eigenvalue weighted by molar-refractivity contribution is 5.71. The molecule has 0 spiro atoms. The van der Waals surface area contributed by atoms with Gasteiger partial charge in [-0.05, 0) is 128 Å². The Hall–Kier alpha value is -5.35. The summed E-state index contributed by atoms with van der Waals surface area (Å²) in [6.07, 6.45) is 115. The van der Waals surface area contributed by atoms with Gasteiger partial charge in [-0.2, -0.15) is 0 Å². The highest BCUT2D eigenvalue weighted by Gasteiger charge is 2.25. The molecule has 1 N–H and O–H groups in total. The summed E-state index contributed by atoms with van der Waals surface area (Å²) in [7, 11) is 5.98. The number of rotatable bonds is 73. The van der Waals surface area contributed by atoms with Crippen LogP contribution in [0, 0.1) is 0 Å². The molecule has 0 heterocycles. The Bertz CT molecular complexity index is 2240. The lowest BCUT2D eigenvalue weighted by atomic mass is 10.0. The molecule has 0 aromatic carbocycles. The van der Waals surface area contributed by atoms with Crippen LogP contribution in [0.15, 0.2) is 170 Å². The van der Waals surface area contributed by atoms with Crippen molar-refractivity contribution < 1.29 is 42.9 Å². The predicted octanol–water partition coefficient (Wildman–Crippen LogP) is 26.1. The summed E-state index contributed by atoms with van der Waals surface area (Å²) in [4.78, 5) is 37.8. The monoisotopic (exact) mass is 1370 g/mol. The Kier molecular flexibility index (Phi) is 74.1. The van der Waals surface area contributed by atoms with E-state index < -0.39 is 24.3 Å². The van der Waals surface area contributed by atoms with Crippen LogP contribution in [-0.2, 0) is 33.3 Å². The van der Waals surface area contributed by atoms with E-state index >= 15 is 0 Å². The highest BCUT2D eigenvalue weighted by atomic mass is 16.7. The largest absolute Gasteiger partial charge is 0.477 e. The van der Waals surface area contributed by atoms with Gasteiger partial charge < -0.3 is 28.5 Å². The van der Waals surface area contributed by atoms with Gasteiger partial charge in [0.05, 0.1) is 34.4 Å².